The normalized spacial score (nSPS) is 18.8. The zero-order valence-electron chi connectivity index (χ0n) is 11.6. The van der Waals surface area contributed by atoms with Crippen molar-refractivity contribution in [3.05, 3.63) is 51.7 Å². The maximum Gasteiger partial charge on any atom is 0.269 e. The molecule has 0 radical (unpaired) electrons. The topological polar surface area (TPSA) is 82.2 Å². The van der Waals surface area contributed by atoms with Gasteiger partial charge in [-0.3, -0.25) is 10.1 Å². The van der Waals surface area contributed by atoms with E-state index in [1.54, 1.807) is 12.1 Å². The van der Waals surface area contributed by atoms with Crippen molar-refractivity contribution in [3.63, 3.8) is 0 Å². The molecule has 1 aromatic carbocycles. The van der Waals surface area contributed by atoms with Crippen LogP contribution in [0.5, 0.6) is 0 Å². The Labute approximate surface area is 117 Å². The largest absolute Gasteiger partial charge is 0.321 e. The van der Waals surface area contributed by atoms with Crippen LogP contribution >= 0.6 is 0 Å². The fourth-order valence-corrected chi connectivity index (χ4v) is 2.42. The van der Waals surface area contributed by atoms with Crippen molar-refractivity contribution < 1.29 is 4.92 Å². The van der Waals surface area contributed by atoms with Crippen LogP contribution in [0.2, 0.25) is 0 Å². The molecule has 1 atom stereocenters. The van der Waals surface area contributed by atoms with Crippen molar-refractivity contribution in [3.8, 4) is 6.07 Å². The molecule has 0 unspecified atom stereocenters. The van der Waals surface area contributed by atoms with Gasteiger partial charge >= 0.3 is 0 Å². The van der Waals surface area contributed by atoms with Gasteiger partial charge in [-0.25, -0.2) is 0 Å². The quantitative estimate of drug-likeness (QED) is 0.675. The number of nitro groups is 1. The van der Waals surface area contributed by atoms with Crippen molar-refractivity contribution in [2.75, 3.05) is 0 Å². The second-order valence-corrected chi connectivity index (χ2v) is 5.34. The van der Waals surface area contributed by atoms with Gasteiger partial charge in [0.2, 0.25) is 0 Å². The molecule has 0 aromatic heterocycles. The number of hydrogen-bond acceptors (Lipinski definition) is 5. The van der Waals surface area contributed by atoms with E-state index in [0.717, 1.165) is 11.3 Å². The Morgan fingerprint density at radius 1 is 1.40 bits per heavy atom. The highest BCUT2D eigenvalue weighted by Gasteiger charge is 2.36. The number of nitriles is 1. The van der Waals surface area contributed by atoms with Crippen molar-refractivity contribution in [2.45, 2.75) is 32.4 Å². The van der Waals surface area contributed by atoms with Crippen molar-refractivity contribution in [1.29, 1.82) is 5.26 Å². The Kier molecular flexibility index (Phi) is 3.47. The van der Waals surface area contributed by atoms with Gasteiger partial charge in [-0.2, -0.15) is 10.3 Å². The predicted molar refractivity (Wildman–Crippen MR) is 74.3 cm³/mol. The molecular formula is C14H16N4O2. The fraction of sp³-hybridized carbons (Fsp3) is 0.357. The van der Waals surface area contributed by atoms with E-state index in [0.29, 0.717) is 0 Å². The molecule has 0 fully saturated rings. The Bertz CT molecular complexity index is 599. The minimum Gasteiger partial charge on any atom is -0.321 e. The fourth-order valence-electron chi connectivity index (χ4n) is 2.42. The van der Waals surface area contributed by atoms with Gasteiger partial charge < -0.3 is 5.43 Å². The lowest BCUT2D eigenvalue weighted by Gasteiger charge is -2.34. The molecule has 0 saturated carbocycles. The second-order valence-electron chi connectivity index (χ2n) is 5.34. The molecule has 104 valence electrons. The summed E-state index contributed by atoms with van der Waals surface area (Å²) in [7, 11) is 0. The highest BCUT2D eigenvalue weighted by atomic mass is 16.6. The molecule has 0 amide bonds. The van der Waals surface area contributed by atoms with Crippen LogP contribution in [0, 0.1) is 21.4 Å². The van der Waals surface area contributed by atoms with Crippen molar-refractivity contribution in [2.24, 2.45) is 0 Å². The zero-order chi connectivity index (χ0) is 14.9. The molecule has 1 N–H and O–H groups in total. The molecule has 1 aliphatic rings. The monoisotopic (exact) mass is 272 g/mol. The molecule has 0 bridgehead atoms. The van der Waals surface area contributed by atoms with Crippen LogP contribution in [-0.4, -0.2) is 15.5 Å². The first-order chi connectivity index (χ1) is 9.35. The van der Waals surface area contributed by atoms with Crippen molar-refractivity contribution in [1.82, 2.24) is 10.4 Å². The molecule has 6 heteroatoms. The number of benzene rings is 1. The number of nitrogens with zero attached hydrogens (tertiary/aromatic N) is 3. The van der Waals surface area contributed by atoms with Gasteiger partial charge in [0.05, 0.1) is 16.5 Å². The van der Waals surface area contributed by atoms with Crippen LogP contribution in [0.15, 0.2) is 36.0 Å². The average molecular weight is 272 g/mol. The second kappa shape index (κ2) is 4.94. The Hall–Kier alpha value is -2.39. The summed E-state index contributed by atoms with van der Waals surface area (Å²) in [6, 6.07) is 7.82. The molecule has 6 nitrogen and oxygen atoms in total. The van der Waals surface area contributed by atoms with Crippen LogP contribution in [-0.2, 0) is 0 Å². The summed E-state index contributed by atoms with van der Waals surface area (Å²) < 4.78 is 0. The number of nitrogens with one attached hydrogen (secondary N) is 1. The lowest BCUT2D eigenvalue weighted by atomic mass is 10.00. The molecule has 1 aliphatic heterocycles. The van der Waals surface area contributed by atoms with Gasteiger partial charge in [0, 0.05) is 17.8 Å². The van der Waals surface area contributed by atoms with E-state index in [1.165, 1.54) is 12.1 Å². The van der Waals surface area contributed by atoms with Gasteiger partial charge in [-0.1, -0.05) is 0 Å². The summed E-state index contributed by atoms with van der Waals surface area (Å²) in [6.07, 6.45) is 2.04. The summed E-state index contributed by atoms with van der Waals surface area (Å²) >= 11 is 0. The first-order valence-corrected chi connectivity index (χ1v) is 6.24. The number of rotatable bonds is 3. The van der Waals surface area contributed by atoms with E-state index in [-0.39, 0.29) is 11.2 Å². The van der Waals surface area contributed by atoms with E-state index in [2.05, 4.69) is 11.5 Å². The third-order valence-electron chi connectivity index (χ3n) is 3.29. The molecule has 20 heavy (non-hydrogen) atoms. The van der Waals surface area contributed by atoms with Crippen LogP contribution < -0.4 is 5.43 Å². The highest BCUT2D eigenvalue weighted by Crippen LogP contribution is 2.32. The van der Waals surface area contributed by atoms with E-state index in [1.807, 2.05) is 31.9 Å². The standard InChI is InChI=1S/C14H16N4O2/c1-10-8-14(2,3)17(16-10)13(9-15)11-4-6-12(7-5-11)18(19)20/h4-8,13,16H,1-3H3/t13-/m0/s1. The van der Waals surface area contributed by atoms with Gasteiger partial charge in [0.25, 0.3) is 5.69 Å². The molecular weight excluding hydrogens is 256 g/mol. The summed E-state index contributed by atoms with van der Waals surface area (Å²) in [5, 5.41) is 22.0. The summed E-state index contributed by atoms with van der Waals surface area (Å²) in [5.41, 5.74) is 4.60. The Balaban J connectivity index is 2.30. The van der Waals surface area contributed by atoms with E-state index >= 15 is 0 Å². The van der Waals surface area contributed by atoms with Crippen molar-refractivity contribution >= 4 is 5.69 Å². The van der Waals surface area contributed by atoms with Crippen LogP contribution in [0.3, 0.4) is 0 Å². The van der Waals surface area contributed by atoms with Gasteiger partial charge in [0.15, 0.2) is 0 Å². The lowest BCUT2D eigenvalue weighted by Crippen LogP contribution is -2.46. The SMILES string of the molecule is CC1=CC(C)(C)N([C@@H](C#N)c2ccc([N+](=O)[O-])cc2)N1. The third kappa shape index (κ3) is 2.49. The van der Waals surface area contributed by atoms with Gasteiger partial charge in [0.1, 0.15) is 6.04 Å². The molecule has 1 aromatic rings. The molecule has 0 spiro atoms. The first kappa shape index (κ1) is 14.0. The lowest BCUT2D eigenvalue weighted by molar-refractivity contribution is -0.384. The Morgan fingerprint density at radius 2 is 2.00 bits per heavy atom. The van der Waals surface area contributed by atoms with Gasteiger partial charge in [-0.15, -0.1) is 0 Å². The minimum atomic E-state index is -0.514. The minimum absolute atomic E-state index is 0.0217. The van der Waals surface area contributed by atoms with Crippen LogP contribution in [0.4, 0.5) is 5.69 Å². The number of allylic oxidation sites excluding steroid dienone is 1. The maximum atomic E-state index is 10.7. The highest BCUT2D eigenvalue weighted by molar-refractivity contribution is 5.36. The average Bonchev–Trinajstić information content (AvgIpc) is 2.64. The molecule has 2 rings (SSSR count). The van der Waals surface area contributed by atoms with E-state index in [4.69, 9.17) is 0 Å². The summed E-state index contributed by atoms with van der Waals surface area (Å²) in [4.78, 5) is 10.2. The van der Waals surface area contributed by atoms with E-state index < -0.39 is 11.0 Å². The van der Waals surface area contributed by atoms with Crippen LogP contribution in [0.25, 0.3) is 0 Å². The molecule has 0 aliphatic carbocycles. The third-order valence-corrected chi connectivity index (χ3v) is 3.29. The number of nitro benzene ring substituents is 1. The maximum absolute atomic E-state index is 10.7. The summed E-state index contributed by atoms with van der Waals surface area (Å²) in [5.74, 6) is 0. The Morgan fingerprint density at radius 3 is 2.40 bits per heavy atom. The number of hydrogen-bond donors (Lipinski definition) is 1. The van der Waals surface area contributed by atoms with Crippen LogP contribution in [0.1, 0.15) is 32.4 Å². The number of hydrazine groups is 1. The summed E-state index contributed by atoms with van der Waals surface area (Å²) in [6.45, 7) is 5.95. The van der Waals surface area contributed by atoms with Gasteiger partial charge in [-0.05, 0) is 44.5 Å². The number of non-ortho nitro benzene ring substituents is 1. The smallest absolute Gasteiger partial charge is 0.269 e. The molecule has 0 saturated heterocycles. The van der Waals surface area contributed by atoms with E-state index in [9.17, 15) is 15.4 Å². The zero-order valence-corrected chi connectivity index (χ0v) is 11.6. The molecule has 1 heterocycles. The predicted octanol–water partition coefficient (Wildman–Crippen LogP) is 2.66. The first-order valence-electron chi connectivity index (χ1n) is 6.24.